The fourth-order valence-corrected chi connectivity index (χ4v) is 2.85. The van der Waals surface area contributed by atoms with E-state index < -0.39 is 28.4 Å². The molecule has 1 heterocycles. The molecule has 1 aromatic heterocycles. The lowest BCUT2D eigenvalue weighted by molar-refractivity contribution is -0.145. The van der Waals surface area contributed by atoms with Gasteiger partial charge in [0.2, 0.25) is 10.0 Å². The molecule has 0 aliphatic carbocycles. The molecule has 0 aliphatic heterocycles. The van der Waals surface area contributed by atoms with Gasteiger partial charge in [-0.1, -0.05) is 6.07 Å². The second-order valence-electron chi connectivity index (χ2n) is 4.70. The molecule has 0 radical (unpaired) electrons. The first kappa shape index (κ1) is 17.0. The molecule has 0 saturated carbocycles. The predicted molar refractivity (Wildman–Crippen MR) is 80.2 cm³/mol. The minimum Gasteiger partial charge on any atom is -0.458 e. The summed E-state index contributed by atoms with van der Waals surface area (Å²) < 4.78 is 43.2. The van der Waals surface area contributed by atoms with E-state index in [1.807, 2.05) is 0 Å². The molecule has 23 heavy (non-hydrogen) atoms. The van der Waals surface area contributed by atoms with E-state index in [-0.39, 0.29) is 11.5 Å². The summed E-state index contributed by atoms with van der Waals surface area (Å²) in [5.41, 5.74) is 0.560. The lowest BCUT2D eigenvalue weighted by atomic mass is 10.4. The van der Waals surface area contributed by atoms with Crippen molar-refractivity contribution < 1.29 is 22.3 Å². The SMILES string of the molecule is CN(CC(=O)OCc1ccccn1)S(=O)(=O)c1ccc(F)cc1. The molecule has 0 fully saturated rings. The number of hydrogen-bond acceptors (Lipinski definition) is 5. The maximum atomic E-state index is 12.9. The third kappa shape index (κ3) is 4.57. The second kappa shape index (κ2) is 7.30. The van der Waals surface area contributed by atoms with Gasteiger partial charge in [-0.15, -0.1) is 0 Å². The molecular weight excluding hydrogens is 323 g/mol. The Hall–Kier alpha value is -2.32. The zero-order valence-electron chi connectivity index (χ0n) is 12.3. The van der Waals surface area contributed by atoms with Crippen molar-refractivity contribution in [1.82, 2.24) is 9.29 Å². The van der Waals surface area contributed by atoms with Gasteiger partial charge < -0.3 is 4.74 Å². The molecule has 6 nitrogen and oxygen atoms in total. The van der Waals surface area contributed by atoms with Crippen LogP contribution in [0, 0.1) is 5.82 Å². The minimum atomic E-state index is -3.88. The van der Waals surface area contributed by atoms with Gasteiger partial charge in [-0.25, -0.2) is 12.8 Å². The van der Waals surface area contributed by atoms with Gasteiger partial charge >= 0.3 is 5.97 Å². The molecule has 1 aromatic carbocycles. The Morgan fingerprint density at radius 2 is 1.91 bits per heavy atom. The van der Waals surface area contributed by atoms with Crippen LogP contribution in [0.5, 0.6) is 0 Å². The number of nitrogens with zero attached hydrogens (tertiary/aromatic N) is 2. The molecule has 0 saturated heterocycles. The number of rotatable bonds is 6. The first-order chi connectivity index (χ1) is 10.9. The van der Waals surface area contributed by atoms with E-state index in [0.717, 1.165) is 28.6 Å². The number of likely N-dealkylation sites (N-methyl/N-ethyl adjacent to an activating group) is 1. The van der Waals surface area contributed by atoms with E-state index in [1.165, 1.54) is 7.05 Å². The molecule has 0 spiro atoms. The highest BCUT2D eigenvalue weighted by Crippen LogP contribution is 2.14. The Morgan fingerprint density at radius 3 is 2.52 bits per heavy atom. The van der Waals surface area contributed by atoms with E-state index in [1.54, 1.807) is 24.4 Å². The number of esters is 1. The van der Waals surface area contributed by atoms with Gasteiger partial charge in [-0.2, -0.15) is 4.31 Å². The van der Waals surface area contributed by atoms with Crippen molar-refractivity contribution in [2.45, 2.75) is 11.5 Å². The van der Waals surface area contributed by atoms with Gasteiger partial charge in [-0.05, 0) is 36.4 Å². The average molecular weight is 338 g/mol. The zero-order chi connectivity index (χ0) is 16.9. The highest BCUT2D eigenvalue weighted by Gasteiger charge is 2.23. The Bertz CT molecular complexity index is 764. The first-order valence-electron chi connectivity index (χ1n) is 6.67. The molecule has 8 heteroatoms. The normalized spacial score (nSPS) is 11.4. The van der Waals surface area contributed by atoms with Crippen LogP contribution in [0.1, 0.15) is 5.69 Å². The molecule has 0 atom stereocenters. The summed E-state index contributed by atoms with van der Waals surface area (Å²) in [6.45, 7) is -0.489. The van der Waals surface area contributed by atoms with Gasteiger partial charge in [-0.3, -0.25) is 9.78 Å². The Labute approximate surface area is 133 Å². The summed E-state index contributed by atoms with van der Waals surface area (Å²) in [5, 5.41) is 0. The summed E-state index contributed by atoms with van der Waals surface area (Å²) in [5.74, 6) is -1.25. The van der Waals surface area contributed by atoms with Crippen LogP contribution in [0.2, 0.25) is 0 Å². The number of halogens is 1. The van der Waals surface area contributed by atoms with Crippen molar-refractivity contribution in [2.24, 2.45) is 0 Å². The summed E-state index contributed by atoms with van der Waals surface area (Å²) in [4.78, 5) is 15.6. The number of aromatic nitrogens is 1. The monoisotopic (exact) mass is 338 g/mol. The van der Waals surface area contributed by atoms with Crippen molar-refractivity contribution >= 4 is 16.0 Å². The summed E-state index contributed by atoms with van der Waals surface area (Å²) in [6, 6.07) is 9.53. The lowest BCUT2D eigenvalue weighted by Gasteiger charge is -2.16. The van der Waals surface area contributed by atoms with Crippen LogP contribution in [0.4, 0.5) is 4.39 Å². The molecule has 2 aromatic rings. The molecule has 0 amide bonds. The first-order valence-corrected chi connectivity index (χ1v) is 8.11. The maximum Gasteiger partial charge on any atom is 0.321 e. The highest BCUT2D eigenvalue weighted by molar-refractivity contribution is 7.89. The van der Waals surface area contributed by atoms with E-state index in [9.17, 15) is 17.6 Å². The Morgan fingerprint density at radius 1 is 1.22 bits per heavy atom. The van der Waals surface area contributed by atoms with Crippen LogP contribution in [0.25, 0.3) is 0 Å². The van der Waals surface area contributed by atoms with Crippen molar-refractivity contribution in [2.75, 3.05) is 13.6 Å². The number of carbonyl (C=O) groups is 1. The van der Waals surface area contributed by atoms with Gasteiger partial charge in [0.05, 0.1) is 10.6 Å². The van der Waals surface area contributed by atoms with Crippen molar-refractivity contribution in [3.8, 4) is 0 Å². The van der Waals surface area contributed by atoms with E-state index in [4.69, 9.17) is 4.74 Å². The maximum absolute atomic E-state index is 12.9. The number of carbonyl (C=O) groups excluding carboxylic acids is 1. The van der Waals surface area contributed by atoms with Crippen LogP contribution >= 0.6 is 0 Å². The quantitative estimate of drug-likeness (QED) is 0.748. The van der Waals surface area contributed by atoms with Crippen molar-refractivity contribution in [1.29, 1.82) is 0 Å². The van der Waals surface area contributed by atoms with Gasteiger partial charge in [0.25, 0.3) is 0 Å². The zero-order valence-corrected chi connectivity index (χ0v) is 13.2. The fourth-order valence-electron chi connectivity index (χ4n) is 1.74. The van der Waals surface area contributed by atoms with Crippen LogP contribution in [-0.4, -0.2) is 37.3 Å². The Kier molecular flexibility index (Phi) is 5.41. The van der Waals surface area contributed by atoms with Crippen LogP contribution in [-0.2, 0) is 26.2 Å². The van der Waals surface area contributed by atoms with Gasteiger partial charge in [0.1, 0.15) is 19.0 Å². The Balaban J connectivity index is 1.96. The van der Waals surface area contributed by atoms with E-state index >= 15 is 0 Å². The topological polar surface area (TPSA) is 76.6 Å². The molecule has 0 N–H and O–H groups in total. The predicted octanol–water partition coefficient (Wildman–Crippen LogP) is 1.58. The summed E-state index contributed by atoms with van der Waals surface area (Å²) in [7, 11) is -2.63. The third-order valence-electron chi connectivity index (χ3n) is 2.98. The minimum absolute atomic E-state index is 0.0376. The molecular formula is C15H15FN2O4S. The standard InChI is InChI=1S/C15H15FN2O4S/c1-18(23(20,21)14-7-5-12(16)6-8-14)10-15(19)22-11-13-4-2-3-9-17-13/h2-9H,10-11H2,1H3. The van der Waals surface area contributed by atoms with Crippen molar-refractivity contribution in [3.63, 3.8) is 0 Å². The number of ether oxygens (including phenoxy) is 1. The summed E-state index contributed by atoms with van der Waals surface area (Å²) in [6.07, 6.45) is 1.56. The molecule has 0 aliphatic rings. The van der Waals surface area contributed by atoms with Gasteiger partial charge in [0, 0.05) is 13.2 Å². The van der Waals surface area contributed by atoms with Crippen LogP contribution in [0.15, 0.2) is 53.6 Å². The number of sulfonamides is 1. The highest BCUT2D eigenvalue weighted by atomic mass is 32.2. The van der Waals surface area contributed by atoms with E-state index in [0.29, 0.717) is 5.69 Å². The lowest BCUT2D eigenvalue weighted by Crippen LogP contribution is -2.33. The smallest absolute Gasteiger partial charge is 0.321 e. The number of benzene rings is 1. The van der Waals surface area contributed by atoms with Crippen LogP contribution < -0.4 is 0 Å². The molecule has 2 rings (SSSR count). The molecule has 122 valence electrons. The summed E-state index contributed by atoms with van der Waals surface area (Å²) >= 11 is 0. The van der Waals surface area contributed by atoms with Gasteiger partial charge in [0.15, 0.2) is 0 Å². The third-order valence-corrected chi connectivity index (χ3v) is 4.80. The molecule has 0 bridgehead atoms. The van der Waals surface area contributed by atoms with E-state index in [2.05, 4.69) is 4.98 Å². The number of pyridine rings is 1. The fraction of sp³-hybridized carbons (Fsp3) is 0.200. The van der Waals surface area contributed by atoms with Crippen molar-refractivity contribution in [3.05, 3.63) is 60.2 Å². The van der Waals surface area contributed by atoms with Crippen LogP contribution in [0.3, 0.4) is 0 Å². The second-order valence-corrected chi connectivity index (χ2v) is 6.74. The average Bonchev–Trinajstić information content (AvgIpc) is 2.54. The number of hydrogen-bond donors (Lipinski definition) is 0. The molecule has 0 unspecified atom stereocenters. The largest absolute Gasteiger partial charge is 0.458 e.